The zero-order chi connectivity index (χ0) is 16.3. The first kappa shape index (κ1) is 16.9. The molecular weight excluding hydrogens is 320 g/mol. The van der Waals surface area contributed by atoms with E-state index in [4.69, 9.17) is 4.74 Å². The highest BCUT2D eigenvalue weighted by molar-refractivity contribution is 7.89. The third-order valence-corrected chi connectivity index (χ3v) is 5.91. The van der Waals surface area contributed by atoms with Crippen LogP contribution >= 0.6 is 11.3 Å². The molecule has 0 atom stereocenters. The van der Waals surface area contributed by atoms with Crippen LogP contribution in [-0.2, 0) is 16.4 Å². The Hall–Kier alpha value is -1.44. The molecule has 0 aliphatic carbocycles. The molecule has 7 heteroatoms. The lowest BCUT2D eigenvalue weighted by atomic mass is 10.1. The second kappa shape index (κ2) is 6.76. The van der Waals surface area contributed by atoms with E-state index in [2.05, 4.69) is 9.71 Å². The second-order valence-electron chi connectivity index (χ2n) is 5.12. The van der Waals surface area contributed by atoms with Crippen molar-refractivity contribution >= 4 is 21.4 Å². The van der Waals surface area contributed by atoms with Crippen LogP contribution in [0, 0.1) is 20.8 Å². The molecule has 0 aliphatic heterocycles. The Kier molecular flexibility index (Phi) is 5.20. The number of sulfonamides is 1. The maximum Gasteiger partial charge on any atom is 0.240 e. The average molecular weight is 340 g/mol. The number of nitrogens with zero attached hydrogens (tertiary/aromatic N) is 1. The first-order valence-corrected chi connectivity index (χ1v) is 9.25. The van der Waals surface area contributed by atoms with Gasteiger partial charge in [-0.05, 0) is 44.0 Å². The van der Waals surface area contributed by atoms with Gasteiger partial charge in [0.25, 0.3) is 0 Å². The van der Waals surface area contributed by atoms with Gasteiger partial charge in [-0.15, -0.1) is 11.3 Å². The summed E-state index contributed by atoms with van der Waals surface area (Å²) < 4.78 is 32.7. The van der Waals surface area contributed by atoms with Gasteiger partial charge in [-0.1, -0.05) is 0 Å². The van der Waals surface area contributed by atoms with E-state index >= 15 is 0 Å². The van der Waals surface area contributed by atoms with Crippen molar-refractivity contribution in [2.45, 2.75) is 32.1 Å². The highest BCUT2D eigenvalue weighted by atomic mass is 32.2. The number of aryl methyl sites for hydroxylation is 3. The molecule has 1 heterocycles. The van der Waals surface area contributed by atoms with E-state index < -0.39 is 10.0 Å². The molecule has 0 bridgehead atoms. The molecule has 22 heavy (non-hydrogen) atoms. The van der Waals surface area contributed by atoms with Gasteiger partial charge in [0.2, 0.25) is 10.0 Å². The Bertz CT molecular complexity index is 767. The molecule has 0 amide bonds. The molecule has 0 saturated heterocycles. The molecule has 2 rings (SSSR count). The summed E-state index contributed by atoms with van der Waals surface area (Å²) >= 11 is 1.54. The van der Waals surface area contributed by atoms with Crippen LogP contribution in [0.3, 0.4) is 0 Å². The maximum atomic E-state index is 12.4. The highest BCUT2D eigenvalue weighted by Gasteiger charge is 2.18. The Labute approximate surface area is 135 Å². The number of hydrogen-bond acceptors (Lipinski definition) is 5. The fourth-order valence-corrected chi connectivity index (χ4v) is 4.28. The Morgan fingerprint density at radius 3 is 2.55 bits per heavy atom. The SMILES string of the molecule is COc1cc(C)c(S(=O)(=O)NCCc2nc(C)cs2)cc1C. The first-order valence-electron chi connectivity index (χ1n) is 6.89. The van der Waals surface area contributed by atoms with E-state index in [1.54, 1.807) is 37.5 Å². The van der Waals surface area contributed by atoms with Gasteiger partial charge >= 0.3 is 0 Å². The zero-order valence-corrected chi connectivity index (χ0v) is 14.8. The summed E-state index contributed by atoms with van der Waals surface area (Å²) in [6.07, 6.45) is 0.589. The Morgan fingerprint density at radius 1 is 1.23 bits per heavy atom. The van der Waals surface area contributed by atoms with Crippen LogP contribution in [-0.4, -0.2) is 27.1 Å². The van der Waals surface area contributed by atoms with Gasteiger partial charge < -0.3 is 4.74 Å². The highest BCUT2D eigenvalue weighted by Crippen LogP contribution is 2.25. The van der Waals surface area contributed by atoms with E-state index in [-0.39, 0.29) is 0 Å². The van der Waals surface area contributed by atoms with Crippen LogP contribution in [0.1, 0.15) is 21.8 Å². The van der Waals surface area contributed by atoms with Crippen LogP contribution < -0.4 is 9.46 Å². The number of nitrogens with one attached hydrogen (secondary N) is 1. The average Bonchev–Trinajstić information content (AvgIpc) is 2.86. The van der Waals surface area contributed by atoms with Gasteiger partial charge in [-0.3, -0.25) is 0 Å². The monoisotopic (exact) mass is 340 g/mol. The third-order valence-electron chi connectivity index (χ3n) is 3.28. The number of benzene rings is 1. The van der Waals surface area contributed by atoms with Gasteiger partial charge in [0, 0.05) is 24.0 Å². The minimum Gasteiger partial charge on any atom is -0.496 e. The summed E-state index contributed by atoms with van der Waals surface area (Å²) in [6.45, 7) is 5.85. The molecule has 1 N–H and O–H groups in total. The second-order valence-corrected chi connectivity index (χ2v) is 7.80. The summed E-state index contributed by atoms with van der Waals surface area (Å²) in [7, 11) is -1.96. The predicted molar refractivity (Wildman–Crippen MR) is 88.2 cm³/mol. The van der Waals surface area contributed by atoms with Gasteiger partial charge in [0.15, 0.2) is 0 Å². The van der Waals surface area contributed by atoms with E-state index in [0.29, 0.717) is 29.2 Å². The molecule has 2 aromatic rings. The van der Waals surface area contributed by atoms with Crippen LogP contribution in [0.15, 0.2) is 22.4 Å². The van der Waals surface area contributed by atoms with Gasteiger partial charge in [-0.25, -0.2) is 18.1 Å². The van der Waals surface area contributed by atoms with Gasteiger partial charge in [0.1, 0.15) is 5.75 Å². The number of rotatable bonds is 6. The third kappa shape index (κ3) is 3.85. The molecule has 5 nitrogen and oxygen atoms in total. The number of methoxy groups -OCH3 is 1. The standard InChI is InChI=1S/C15H20N2O3S2/c1-10-8-14(11(2)7-13(10)20-4)22(18,19)16-6-5-15-17-12(3)9-21-15/h7-9,16H,5-6H2,1-4H3. The fourth-order valence-electron chi connectivity index (χ4n) is 2.16. The quantitative estimate of drug-likeness (QED) is 0.878. The lowest BCUT2D eigenvalue weighted by molar-refractivity contribution is 0.411. The number of ether oxygens (including phenoxy) is 1. The van der Waals surface area contributed by atoms with Crippen LogP contribution in [0.5, 0.6) is 5.75 Å². The topological polar surface area (TPSA) is 68.3 Å². The summed E-state index contributed by atoms with van der Waals surface area (Å²) in [4.78, 5) is 4.62. The van der Waals surface area contributed by atoms with Crippen LogP contribution in [0.25, 0.3) is 0 Å². The smallest absolute Gasteiger partial charge is 0.240 e. The van der Waals surface area contributed by atoms with Crippen LogP contribution in [0.2, 0.25) is 0 Å². The van der Waals surface area contributed by atoms with E-state index in [1.165, 1.54) is 0 Å². The number of thiazole rings is 1. The Morgan fingerprint density at radius 2 is 1.95 bits per heavy atom. The summed E-state index contributed by atoms with van der Waals surface area (Å²) in [5.41, 5.74) is 2.42. The minimum absolute atomic E-state index is 0.293. The minimum atomic E-state index is -3.53. The van der Waals surface area contributed by atoms with Crippen LogP contribution in [0.4, 0.5) is 0 Å². The van der Waals surface area contributed by atoms with E-state index in [0.717, 1.165) is 16.3 Å². The van der Waals surface area contributed by atoms with Crippen molar-refractivity contribution in [1.82, 2.24) is 9.71 Å². The molecule has 1 aromatic heterocycles. The maximum absolute atomic E-state index is 12.4. The summed E-state index contributed by atoms with van der Waals surface area (Å²) in [5, 5.41) is 2.89. The lowest BCUT2D eigenvalue weighted by Crippen LogP contribution is -2.26. The first-order chi connectivity index (χ1) is 10.3. The largest absolute Gasteiger partial charge is 0.496 e. The predicted octanol–water partition coefficient (Wildman–Crippen LogP) is 2.60. The molecule has 0 spiro atoms. The van der Waals surface area contributed by atoms with Crippen molar-refractivity contribution < 1.29 is 13.2 Å². The molecule has 0 saturated carbocycles. The molecule has 120 valence electrons. The fraction of sp³-hybridized carbons (Fsp3) is 0.400. The molecule has 0 aliphatic rings. The van der Waals surface area contributed by atoms with Gasteiger partial charge in [0.05, 0.1) is 17.0 Å². The number of aromatic nitrogens is 1. The van der Waals surface area contributed by atoms with Gasteiger partial charge in [-0.2, -0.15) is 0 Å². The normalized spacial score (nSPS) is 11.6. The van der Waals surface area contributed by atoms with Crippen molar-refractivity contribution in [2.75, 3.05) is 13.7 Å². The molecule has 1 aromatic carbocycles. The van der Waals surface area contributed by atoms with Crippen molar-refractivity contribution in [3.05, 3.63) is 39.3 Å². The van der Waals surface area contributed by atoms with Crippen molar-refractivity contribution in [3.63, 3.8) is 0 Å². The van der Waals surface area contributed by atoms with Crippen molar-refractivity contribution in [2.24, 2.45) is 0 Å². The molecule has 0 radical (unpaired) electrons. The van der Waals surface area contributed by atoms with E-state index in [1.807, 2.05) is 19.2 Å². The number of hydrogen-bond donors (Lipinski definition) is 1. The summed E-state index contributed by atoms with van der Waals surface area (Å²) in [6, 6.07) is 3.39. The van der Waals surface area contributed by atoms with E-state index in [9.17, 15) is 8.42 Å². The zero-order valence-electron chi connectivity index (χ0n) is 13.1. The lowest BCUT2D eigenvalue weighted by Gasteiger charge is -2.12. The van der Waals surface area contributed by atoms with Crippen molar-refractivity contribution in [3.8, 4) is 5.75 Å². The molecule has 0 unspecified atom stereocenters. The molecular formula is C15H20N2O3S2. The Balaban J connectivity index is 2.11. The van der Waals surface area contributed by atoms with Crippen molar-refractivity contribution in [1.29, 1.82) is 0 Å². The molecule has 0 fully saturated rings. The summed E-state index contributed by atoms with van der Waals surface area (Å²) in [5.74, 6) is 0.690.